The summed E-state index contributed by atoms with van der Waals surface area (Å²) in [6.45, 7) is 2.79. The summed E-state index contributed by atoms with van der Waals surface area (Å²) in [5, 5.41) is 11.7. The van der Waals surface area contributed by atoms with Crippen LogP contribution in [0.1, 0.15) is 25.3 Å². The number of alkyl halides is 3. The van der Waals surface area contributed by atoms with Gasteiger partial charge < -0.3 is 19.5 Å². The van der Waals surface area contributed by atoms with Crippen LogP contribution in [0.15, 0.2) is 46.0 Å². The van der Waals surface area contributed by atoms with Gasteiger partial charge in [-0.2, -0.15) is 17.5 Å². The van der Waals surface area contributed by atoms with Crippen LogP contribution >= 0.6 is 11.3 Å². The van der Waals surface area contributed by atoms with Crippen LogP contribution in [-0.2, 0) is 25.1 Å². The minimum atomic E-state index is -4.81. The van der Waals surface area contributed by atoms with Crippen molar-refractivity contribution in [3.63, 3.8) is 0 Å². The zero-order chi connectivity index (χ0) is 25.3. The molecule has 0 bridgehead atoms. The molecule has 0 aliphatic carbocycles. The number of piperazine rings is 1. The van der Waals surface area contributed by atoms with Crippen molar-refractivity contribution < 1.29 is 36.2 Å². The first-order chi connectivity index (χ1) is 16.5. The van der Waals surface area contributed by atoms with E-state index in [1.54, 1.807) is 17.5 Å². The standard InChI is InChI=1S/C23H29F3N2O5S2/c1-22(29,23(24,25)26)17-6-8-18(9-7-17)28-11-10-27(35(30,31)21-5-3-13-34-21)14-19(28)15-32-16-20-4-2-12-33-20/h3,5-9,13,19-20,29H,2,4,10-12,14-16H2,1H3/t19-,20-,22?/m1/s1. The molecule has 2 fully saturated rings. The molecule has 0 spiro atoms. The highest BCUT2D eigenvalue weighted by Crippen LogP contribution is 2.39. The number of hydrogen-bond acceptors (Lipinski definition) is 7. The maximum Gasteiger partial charge on any atom is 0.421 e. The van der Waals surface area contributed by atoms with Crippen LogP contribution in [0.3, 0.4) is 0 Å². The molecule has 1 aromatic heterocycles. The molecule has 2 saturated heterocycles. The summed E-state index contributed by atoms with van der Waals surface area (Å²) in [6.07, 6.45) is -2.91. The molecule has 1 N–H and O–H groups in total. The van der Waals surface area contributed by atoms with E-state index in [4.69, 9.17) is 9.47 Å². The molecule has 0 radical (unpaired) electrons. The van der Waals surface area contributed by atoms with Crippen molar-refractivity contribution in [3.05, 3.63) is 47.3 Å². The van der Waals surface area contributed by atoms with Gasteiger partial charge in [-0.15, -0.1) is 11.3 Å². The molecule has 0 amide bonds. The lowest BCUT2D eigenvalue weighted by Crippen LogP contribution is -2.56. The Morgan fingerprint density at radius 2 is 1.91 bits per heavy atom. The summed E-state index contributed by atoms with van der Waals surface area (Å²) in [5.41, 5.74) is -2.60. The smallest absolute Gasteiger partial charge is 0.377 e. The van der Waals surface area contributed by atoms with Gasteiger partial charge in [-0.3, -0.25) is 0 Å². The summed E-state index contributed by atoms with van der Waals surface area (Å²) in [6, 6.07) is 8.45. The normalized spacial score (nSPS) is 24.0. The van der Waals surface area contributed by atoms with Gasteiger partial charge >= 0.3 is 6.18 Å². The summed E-state index contributed by atoms with van der Waals surface area (Å²) < 4.78 is 79.1. The highest BCUT2D eigenvalue weighted by molar-refractivity contribution is 7.91. The second-order valence-electron chi connectivity index (χ2n) is 8.93. The van der Waals surface area contributed by atoms with Crippen LogP contribution < -0.4 is 4.90 Å². The number of benzene rings is 1. The van der Waals surface area contributed by atoms with Gasteiger partial charge in [0.05, 0.1) is 25.4 Å². The van der Waals surface area contributed by atoms with E-state index in [9.17, 15) is 26.7 Å². The van der Waals surface area contributed by atoms with Gasteiger partial charge in [0.25, 0.3) is 10.0 Å². The Labute approximate surface area is 207 Å². The molecule has 1 aromatic carbocycles. The molecular formula is C23H29F3N2O5S2. The van der Waals surface area contributed by atoms with Crippen LogP contribution in [0.25, 0.3) is 0 Å². The molecule has 2 aliphatic rings. The van der Waals surface area contributed by atoms with E-state index in [0.29, 0.717) is 25.4 Å². The van der Waals surface area contributed by atoms with Crippen molar-refractivity contribution in [2.75, 3.05) is 44.4 Å². The lowest BCUT2D eigenvalue weighted by molar-refractivity contribution is -0.258. The van der Waals surface area contributed by atoms with E-state index in [-0.39, 0.29) is 41.6 Å². The quantitative estimate of drug-likeness (QED) is 0.558. The molecule has 1 unspecified atom stereocenters. The topological polar surface area (TPSA) is 79.3 Å². The molecule has 2 aliphatic heterocycles. The molecule has 0 saturated carbocycles. The van der Waals surface area contributed by atoms with Crippen molar-refractivity contribution in [3.8, 4) is 0 Å². The van der Waals surface area contributed by atoms with E-state index in [0.717, 1.165) is 31.1 Å². The fourth-order valence-corrected chi connectivity index (χ4v) is 6.93. The Morgan fingerprint density at radius 1 is 1.17 bits per heavy atom. The highest BCUT2D eigenvalue weighted by atomic mass is 32.2. The number of anilines is 1. The number of sulfonamides is 1. The maximum absolute atomic E-state index is 13.2. The molecule has 4 rings (SSSR count). The first-order valence-electron chi connectivity index (χ1n) is 11.4. The van der Waals surface area contributed by atoms with E-state index in [2.05, 4.69) is 0 Å². The van der Waals surface area contributed by atoms with E-state index >= 15 is 0 Å². The monoisotopic (exact) mass is 534 g/mol. The number of nitrogens with zero attached hydrogens (tertiary/aromatic N) is 2. The third-order valence-electron chi connectivity index (χ3n) is 6.49. The van der Waals surface area contributed by atoms with Gasteiger partial charge in [0.1, 0.15) is 4.21 Å². The summed E-state index contributed by atoms with van der Waals surface area (Å²) in [5.74, 6) is 0. The van der Waals surface area contributed by atoms with Gasteiger partial charge in [-0.25, -0.2) is 8.42 Å². The third-order valence-corrected chi connectivity index (χ3v) is 9.72. The number of hydrogen-bond donors (Lipinski definition) is 1. The zero-order valence-electron chi connectivity index (χ0n) is 19.3. The van der Waals surface area contributed by atoms with Gasteiger partial charge in [0.15, 0.2) is 5.60 Å². The predicted molar refractivity (Wildman–Crippen MR) is 126 cm³/mol. The lowest BCUT2D eigenvalue weighted by atomic mass is 9.95. The van der Waals surface area contributed by atoms with Crippen LogP contribution in [0.2, 0.25) is 0 Å². The maximum atomic E-state index is 13.2. The average Bonchev–Trinajstić information content (AvgIpc) is 3.53. The van der Waals surface area contributed by atoms with Crippen molar-refractivity contribution >= 4 is 27.0 Å². The molecule has 35 heavy (non-hydrogen) atoms. The Balaban J connectivity index is 1.52. The number of halogens is 3. The molecule has 7 nitrogen and oxygen atoms in total. The number of rotatable bonds is 8. The van der Waals surface area contributed by atoms with Gasteiger partial charge in [0.2, 0.25) is 0 Å². The van der Waals surface area contributed by atoms with Crippen LogP contribution in [0.5, 0.6) is 0 Å². The molecule has 2 aromatic rings. The van der Waals surface area contributed by atoms with Crippen LogP contribution in [-0.4, -0.2) is 75.6 Å². The summed E-state index contributed by atoms with van der Waals surface area (Å²) in [7, 11) is -3.65. The third kappa shape index (κ3) is 5.67. The fraction of sp³-hybridized carbons (Fsp3) is 0.565. The molecular weight excluding hydrogens is 505 g/mol. The summed E-state index contributed by atoms with van der Waals surface area (Å²) in [4.78, 5) is 1.95. The van der Waals surface area contributed by atoms with Crippen molar-refractivity contribution in [1.82, 2.24) is 4.31 Å². The van der Waals surface area contributed by atoms with Gasteiger partial charge in [0, 0.05) is 31.9 Å². The Morgan fingerprint density at radius 3 is 2.51 bits per heavy atom. The van der Waals surface area contributed by atoms with Crippen molar-refractivity contribution in [2.24, 2.45) is 0 Å². The van der Waals surface area contributed by atoms with Gasteiger partial charge in [-0.05, 0) is 48.9 Å². The number of ether oxygens (including phenoxy) is 2. The highest BCUT2D eigenvalue weighted by Gasteiger charge is 2.51. The summed E-state index contributed by atoms with van der Waals surface area (Å²) >= 11 is 1.16. The minimum Gasteiger partial charge on any atom is -0.377 e. The largest absolute Gasteiger partial charge is 0.421 e. The fourth-order valence-electron chi connectivity index (χ4n) is 4.32. The molecule has 12 heteroatoms. The molecule has 3 heterocycles. The zero-order valence-corrected chi connectivity index (χ0v) is 20.9. The molecule has 194 valence electrons. The minimum absolute atomic E-state index is 0.0156. The van der Waals surface area contributed by atoms with Crippen LogP contribution in [0.4, 0.5) is 18.9 Å². The Bertz CT molecular complexity index is 1070. The van der Waals surface area contributed by atoms with Crippen molar-refractivity contribution in [2.45, 2.75) is 47.9 Å². The lowest BCUT2D eigenvalue weighted by Gasteiger charge is -2.42. The van der Waals surface area contributed by atoms with Crippen LogP contribution in [0, 0.1) is 0 Å². The molecule has 3 atom stereocenters. The van der Waals surface area contributed by atoms with E-state index in [1.807, 2.05) is 4.90 Å². The van der Waals surface area contributed by atoms with Gasteiger partial charge in [-0.1, -0.05) is 18.2 Å². The predicted octanol–water partition coefficient (Wildman–Crippen LogP) is 3.59. The number of thiophene rings is 1. The number of aliphatic hydroxyl groups is 1. The second kappa shape index (κ2) is 10.3. The Hall–Kier alpha value is -1.70. The first-order valence-corrected chi connectivity index (χ1v) is 13.7. The Kier molecular flexibility index (Phi) is 7.79. The first kappa shape index (κ1) is 26.4. The van der Waals surface area contributed by atoms with E-state index < -0.39 is 21.8 Å². The van der Waals surface area contributed by atoms with E-state index in [1.165, 1.54) is 28.6 Å². The van der Waals surface area contributed by atoms with Crippen molar-refractivity contribution in [1.29, 1.82) is 0 Å². The average molecular weight is 535 g/mol. The SMILES string of the molecule is CC(O)(c1ccc(N2CCN(S(=O)(=O)c3cccs3)C[C@@H]2COC[C@H]2CCCO2)cc1)C(F)(F)F. The second-order valence-corrected chi connectivity index (χ2v) is 12.0.